The Morgan fingerprint density at radius 2 is 1.69 bits per heavy atom. The van der Waals surface area contributed by atoms with Gasteiger partial charge in [-0.1, -0.05) is 12.1 Å². The minimum Gasteiger partial charge on any atom is -0.485 e. The molecular formula is C30H36F2N6O6S. The van der Waals surface area contributed by atoms with E-state index in [0.717, 1.165) is 16.8 Å². The van der Waals surface area contributed by atoms with Crippen LogP contribution in [0.2, 0.25) is 0 Å². The number of rotatable bonds is 11. The molecule has 1 amide bonds. The maximum absolute atomic E-state index is 14.0. The van der Waals surface area contributed by atoms with Crippen molar-refractivity contribution in [3.05, 3.63) is 76.2 Å². The van der Waals surface area contributed by atoms with E-state index in [2.05, 4.69) is 10.4 Å². The third kappa shape index (κ3) is 7.89. The lowest BCUT2D eigenvalue weighted by Crippen LogP contribution is -2.49. The molecule has 0 unspecified atom stereocenters. The maximum Gasteiger partial charge on any atom is 0.407 e. The summed E-state index contributed by atoms with van der Waals surface area (Å²) in [6.07, 6.45) is 2.22. The number of sulfonamides is 1. The van der Waals surface area contributed by atoms with Gasteiger partial charge in [-0.15, -0.1) is 0 Å². The van der Waals surface area contributed by atoms with Gasteiger partial charge in [-0.25, -0.2) is 22.0 Å². The molecule has 12 nitrogen and oxygen atoms in total. The molecule has 15 heteroatoms. The molecule has 2 heterocycles. The Kier molecular flexibility index (Phi) is 9.30. The minimum absolute atomic E-state index is 0.0433. The lowest BCUT2D eigenvalue weighted by Gasteiger charge is -2.35. The molecule has 1 saturated carbocycles. The van der Waals surface area contributed by atoms with E-state index in [0.29, 0.717) is 35.8 Å². The Morgan fingerprint density at radius 3 is 2.29 bits per heavy atom. The van der Waals surface area contributed by atoms with Crippen LogP contribution in [0.15, 0.2) is 53.5 Å². The Hall–Kier alpha value is -4.24. The third-order valence-electron chi connectivity index (χ3n) is 7.70. The van der Waals surface area contributed by atoms with Gasteiger partial charge in [-0.2, -0.15) is 14.1 Å². The van der Waals surface area contributed by atoms with Gasteiger partial charge >= 0.3 is 11.7 Å². The quantitative estimate of drug-likeness (QED) is 0.300. The molecule has 1 aliphatic heterocycles. The first-order valence-electron chi connectivity index (χ1n) is 14.6. The summed E-state index contributed by atoms with van der Waals surface area (Å²) in [7, 11) is -3.63. The number of nitrogen functional groups attached to an aromatic ring is 1. The van der Waals surface area contributed by atoms with Crippen LogP contribution in [0.3, 0.4) is 0 Å². The van der Waals surface area contributed by atoms with E-state index in [9.17, 15) is 26.8 Å². The van der Waals surface area contributed by atoms with E-state index < -0.39 is 38.7 Å². The van der Waals surface area contributed by atoms with Gasteiger partial charge in [0.25, 0.3) is 0 Å². The highest BCUT2D eigenvalue weighted by molar-refractivity contribution is 7.88. The van der Waals surface area contributed by atoms with Crippen molar-refractivity contribution in [1.82, 2.24) is 19.4 Å². The number of nitrogens with zero attached hydrogens (tertiary/aromatic N) is 4. The van der Waals surface area contributed by atoms with E-state index in [1.54, 1.807) is 29.2 Å². The molecule has 1 saturated heterocycles. The number of hydrogen-bond donors (Lipinski definition) is 2. The van der Waals surface area contributed by atoms with Gasteiger partial charge in [0.2, 0.25) is 15.8 Å². The van der Waals surface area contributed by atoms with Crippen molar-refractivity contribution in [2.45, 2.75) is 38.5 Å². The molecule has 0 spiro atoms. The molecule has 2 aliphatic rings. The molecule has 0 bridgehead atoms. The highest BCUT2D eigenvalue weighted by atomic mass is 32.2. The molecular weight excluding hydrogens is 610 g/mol. The summed E-state index contributed by atoms with van der Waals surface area (Å²) in [5.41, 5.74) is 5.82. The molecule has 45 heavy (non-hydrogen) atoms. The molecule has 242 valence electrons. The summed E-state index contributed by atoms with van der Waals surface area (Å²) in [5, 5.41) is 6.83. The second-order valence-electron chi connectivity index (χ2n) is 11.8. The third-order valence-corrected chi connectivity index (χ3v) is 9.55. The Morgan fingerprint density at radius 1 is 1.04 bits per heavy atom. The topological polar surface area (TPSA) is 149 Å². The van der Waals surface area contributed by atoms with Crippen molar-refractivity contribution >= 4 is 27.5 Å². The number of ether oxygens (including phenoxy) is 2. The van der Waals surface area contributed by atoms with Crippen LogP contribution in [0.1, 0.15) is 32.3 Å². The number of alkyl carbamates (subject to hydrolysis) is 1. The lowest BCUT2D eigenvalue weighted by molar-refractivity contribution is 0.0974. The van der Waals surface area contributed by atoms with Gasteiger partial charge < -0.3 is 25.4 Å². The molecule has 3 N–H and O–H groups in total. The largest absolute Gasteiger partial charge is 0.485 e. The smallest absolute Gasteiger partial charge is 0.407 e. The summed E-state index contributed by atoms with van der Waals surface area (Å²) in [6, 6.07) is 9.20. The van der Waals surface area contributed by atoms with Gasteiger partial charge in [0.1, 0.15) is 23.9 Å². The number of hydrogen-bond acceptors (Lipinski definition) is 9. The molecule has 1 aromatic heterocycles. The zero-order valence-corrected chi connectivity index (χ0v) is 25.9. The summed E-state index contributed by atoms with van der Waals surface area (Å²) in [4.78, 5) is 27.5. The average Bonchev–Trinajstić information content (AvgIpc) is 3.76. The van der Waals surface area contributed by atoms with Crippen LogP contribution >= 0.6 is 0 Å². The van der Waals surface area contributed by atoms with Crippen molar-refractivity contribution in [1.29, 1.82) is 0 Å². The Balaban J connectivity index is 1.36. The van der Waals surface area contributed by atoms with Gasteiger partial charge in [0.05, 0.1) is 24.2 Å². The number of anilines is 2. The van der Waals surface area contributed by atoms with Crippen LogP contribution in [0.4, 0.5) is 25.0 Å². The number of aromatic nitrogens is 2. The Bertz CT molecular complexity index is 1680. The SMILES string of the molecule is CC(C)NC(=O)OCC1(COc2c(N3CCN(S(=O)(=O)Cc4ccc(N)cc4)CC3)cnn(-c3cc(F)cc(F)c3)c2=O)CC1. The number of amides is 1. The first-order valence-corrected chi connectivity index (χ1v) is 16.2. The fraction of sp³-hybridized carbons (Fsp3) is 0.433. The van der Waals surface area contributed by atoms with Crippen molar-refractivity contribution < 1.29 is 31.5 Å². The summed E-state index contributed by atoms with van der Waals surface area (Å²) in [6.45, 7) is 4.53. The highest BCUT2D eigenvalue weighted by Crippen LogP contribution is 2.46. The number of benzene rings is 2. The zero-order chi connectivity index (χ0) is 32.4. The predicted molar refractivity (Wildman–Crippen MR) is 164 cm³/mol. The van der Waals surface area contributed by atoms with Crippen molar-refractivity contribution in [2.75, 3.05) is 50.0 Å². The monoisotopic (exact) mass is 646 g/mol. The summed E-state index contributed by atoms with van der Waals surface area (Å²) in [5.74, 6) is -2.04. The van der Waals surface area contributed by atoms with Crippen LogP contribution < -0.4 is 26.2 Å². The zero-order valence-electron chi connectivity index (χ0n) is 25.0. The van der Waals surface area contributed by atoms with Crippen LogP contribution in [0, 0.1) is 17.0 Å². The van der Waals surface area contributed by atoms with Crippen molar-refractivity contribution in [3.63, 3.8) is 0 Å². The number of piperazine rings is 1. The number of nitrogens with two attached hydrogens (primary N) is 1. The fourth-order valence-corrected chi connectivity index (χ4v) is 6.50. The number of nitrogens with one attached hydrogen (secondary N) is 1. The van der Waals surface area contributed by atoms with Crippen LogP contribution in [0.5, 0.6) is 5.75 Å². The molecule has 2 aromatic carbocycles. The molecule has 3 aromatic rings. The molecule has 1 aliphatic carbocycles. The molecule has 0 radical (unpaired) electrons. The molecule has 0 atom stereocenters. The summed E-state index contributed by atoms with van der Waals surface area (Å²) >= 11 is 0. The average molecular weight is 647 g/mol. The first kappa shape index (κ1) is 32.2. The maximum atomic E-state index is 14.0. The van der Waals surface area contributed by atoms with Crippen LogP contribution in [-0.4, -0.2) is 74.0 Å². The predicted octanol–water partition coefficient (Wildman–Crippen LogP) is 3.04. The second-order valence-corrected chi connectivity index (χ2v) is 13.7. The molecule has 5 rings (SSSR count). The molecule has 2 fully saturated rings. The number of carbonyl (C=O) groups is 1. The number of carbonyl (C=O) groups excluding carboxylic acids is 1. The highest BCUT2D eigenvalue weighted by Gasteiger charge is 2.45. The van der Waals surface area contributed by atoms with Crippen molar-refractivity contribution in [2.24, 2.45) is 5.41 Å². The van der Waals surface area contributed by atoms with E-state index in [-0.39, 0.29) is 62.6 Å². The van der Waals surface area contributed by atoms with Gasteiger partial charge in [-0.05, 0) is 56.5 Å². The first-order chi connectivity index (χ1) is 21.3. The van der Waals surface area contributed by atoms with Gasteiger partial charge in [0, 0.05) is 49.4 Å². The summed E-state index contributed by atoms with van der Waals surface area (Å²) < 4.78 is 68.0. The van der Waals surface area contributed by atoms with E-state index in [1.165, 1.54) is 10.5 Å². The van der Waals surface area contributed by atoms with Crippen molar-refractivity contribution in [3.8, 4) is 11.4 Å². The van der Waals surface area contributed by atoms with E-state index in [4.69, 9.17) is 15.2 Å². The number of halogens is 2. The Labute approximate surface area is 259 Å². The normalized spacial score (nSPS) is 16.4. The standard InChI is InChI=1S/C30H36F2N6O6S/c1-20(2)35-29(40)44-19-30(7-8-30)18-43-27-26(16-34-38(28(27)39)25-14-22(31)13-23(32)15-25)36-9-11-37(12-10-36)45(41,42)17-21-3-5-24(33)6-4-21/h3-6,13-16,20H,7-12,17-19,33H2,1-2H3,(H,35,40). The second kappa shape index (κ2) is 13.0. The lowest BCUT2D eigenvalue weighted by atomic mass is 10.1. The van der Waals surface area contributed by atoms with E-state index >= 15 is 0 Å². The fourth-order valence-electron chi connectivity index (χ4n) is 4.99. The van der Waals surface area contributed by atoms with Crippen LogP contribution in [-0.2, 0) is 20.5 Å². The minimum atomic E-state index is -3.63. The van der Waals surface area contributed by atoms with Gasteiger partial charge in [-0.3, -0.25) is 4.79 Å². The van der Waals surface area contributed by atoms with E-state index in [1.807, 2.05) is 13.8 Å². The van der Waals surface area contributed by atoms with Gasteiger partial charge in [0.15, 0.2) is 0 Å². The van der Waals surface area contributed by atoms with Crippen LogP contribution in [0.25, 0.3) is 5.69 Å².